The molecular formula is C15H17ClN4. The monoisotopic (exact) mass is 288 g/mol. The number of hydrogen-bond acceptors (Lipinski definition) is 2. The van der Waals surface area contributed by atoms with Gasteiger partial charge in [0.25, 0.3) is 0 Å². The molecule has 0 saturated heterocycles. The van der Waals surface area contributed by atoms with Gasteiger partial charge in [-0.25, -0.2) is 0 Å². The lowest BCUT2D eigenvalue weighted by molar-refractivity contribution is 0.602. The van der Waals surface area contributed by atoms with E-state index >= 15 is 0 Å². The molecule has 4 nitrogen and oxygen atoms in total. The number of rotatable bonds is 3. The van der Waals surface area contributed by atoms with E-state index in [2.05, 4.69) is 28.9 Å². The molecule has 1 aromatic carbocycles. The Labute approximate surface area is 122 Å². The molecule has 0 spiro atoms. The lowest BCUT2D eigenvalue weighted by atomic mass is 10.2. The Morgan fingerprint density at radius 2 is 2.10 bits per heavy atom. The van der Waals surface area contributed by atoms with E-state index in [1.54, 1.807) is 0 Å². The van der Waals surface area contributed by atoms with Crippen LogP contribution >= 0.6 is 11.6 Å². The molecule has 0 radical (unpaired) electrons. The smallest absolute Gasteiger partial charge is 0.0865 e. The molecule has 2 heterocycles. The highest BCUT2D eigenvalue weighted by atomic mass is 35.5. The Morgan fingerprint density at radius 1 is 1.30 bits per heavy atom. The van der Waals surface area contributed by atoms with Gasteiger partial charge in [-0.1, -0.05) is 11.6 Å². The number of nitrogens with zero attached hydrogens (tertiary/aromatic N) is 3. The lowest BCUT2D eigenvalue weighted by Gasteiger charge is -2.08. The molecular weight excluding hydrogens is 272 g/mol. The largest absolute Gasteiger partial charge is 0.399 e. The van der Waals surface area contributed by atoms with E-state index in [1.165, 1.54) is 0 Å². The number of nitrogens with two attached hydrogens (primary N) is 1. The Kier molecular flexibility index (Phi) is 3.18. The Hall–Kier alpha value is -1.94. The maximum Gasteiger partial charge on any atom is 0.0865 e. The van der Waals surface area contributed by atoms with Crippen LogP contribution in [0, 0.1) is 6.92 Å². The van der Waals surface area contributed by atoms with Crippen LogP contribution in [0.15, 0.2) is 30.5 Å². The molecule has 2 aromatic heterocycles. The third-order valence-corrected chi connectivity index (χ3v) is 4.06. The number of halogens is 1. The highest BCUT2D eigenvalue weighted by Gasteiger charge is 2.13. The molecule has 0 fully saturated rings. The van der Waals surface area contributed by atoms with Gasteiger partial charge in [0.15, 0.2) is 0 Å². The lowest BCUT2D eigenvalue weighted by Crippen LogP contribution is -2.07. The summed E-state index contributed by atoms with van der Waals surface area (Å²) in [5, 5.41) is 6.35. The average Bonchev–Trinajstić information content (AvgIpc) is 2.94. The summed E-state index contributed by atoms with van der Waals surface area (Å²) in [4.78, 5) is 0. The van der Waals surface area contributed by atoms with Crippen LogP contribution in [0.2, 0.25) is 5.02 Å². The van der Waals surface area contributed by atoms with Gasteiger partial charge in [-0.2, -0.15) is 5.10 Å². The SMILES string of the molecule is CCn1nc(C)c(Cl)c1Cn1ccc2cc(N)ccc21. The molecule has 3 rings (SSSR count). The van der Waals surface area contributed by atoms with E-state index in [0.29, 0.717) is 6.54 Å². The summed E-state index contributed by atoms with van der Waals surface area (Å²) < 4.78 is 4.13. The zero-order valence-electron chi connectivity index (χ0n) is 11.6. The minimum absolute atomic E-state index is 0.709. The first-order valence-electron chi connectivity index (χ1n) is 6.66. The summed E-state index contributed by atoms with van der Waals surface area (Å²) in [5.74, 6) is 0. The highest BCUT2D eigenvalue weighted by Crippen LogP contribution is 2.24. The number of benzene rings is 1. The maximum atomic E-state index is 6.37. The van der Waals surface area contributed by atoms with Crippen LogP contribution in [0.5, 0.6) is 0 Å². The minimum atomic E-state index is 0.709. The van der Waals surface area contributed by atoms with E-state index in [1.807, 2.05) is 29.8 Å². The molecule has 0 unspecified atom stereocenters. The molecule has 0 bridgehead atoms. The van der Waals surface area contributed by atoms with Gasteiger partial charge in [0.1, 0.15) is 0 Å². The van der Waals surface area contributed by atoms with Crippen LogP contribution in [0.4, 0.5) is 5.69 Å². The number of aromatic nitrogens is 3. The molecule has 0 aliphatic heterocycles. The van der Waals surface area contributed by atoms with Crippen molar-refractivity contribution in [2.24, 2.45) is 0 Å². The van der Waals surface area contributed by atoms with E-state index in [4.69, 9.17) is 17.3 Å². The fourth-order valence-electron chi connectivity index (χ4n) is 2.54. The topological polar surface area (TPSA) is 48.8 Å². The van der Waals surface area contributed by atoms with Gasteiger partial charge in [0.2, 0.25) is 0 Å². The summed E-state index contributed by atoms with van der Waals surface area (Å²) >= 11 is 6.37. The summed E-state index contributed by atoms with van der Waals surface area (Å²) in [6, 6.07) is 8.01. The normalized spacial score (nSPS) is 11.3. The van der Waals surface area contributed by atoms with Crippen LogP contribution in [0.1, 0.15) is 18.3 Å². The van der Waals surface area contributed by atoms with Gasteiger partial charge in [0, 0.05) is 29.3 Å². The Morgan fingerprint density at radius 3 is 2.85 bits per heavy atom. The van der Waals surface area contributed by atoms with Crippen LogP contribution < -0.4 is 5.73 Å². The molecule has 0 saturated carbocycles. The van der Waals surface area contributed by atoms with Crippen molar-refractivity contribution in [2.75, 3.05) is 5.73 Å². The van der Waals surface area contributed by atoms with Gasteiger partial charge in [-0.05, 0) is 38.1 Å². The molecule has 0 atom stereocenters. The molecule has 0 aliphatic rings. The highest BCUT2D eigenvalue weighted by molar-refractivity contribution is 6.31. The molecule has 104 valence electrons. The first kappa shape index (κ1) is 13.1. The van der Waals surface area contributed by atoms with Gasteiger partial charge in [-0.15, -0.1) is 0 Å². The van der Waals surface area contributed by atoms with E-state index in [-0.39, 0.29) is 0 Å². The summed E-state index contributed by atoms with van der Waals surface area (Å²) in [6.07, 6.45) is 2.06. The Bertz CT molecular complexity index is 770. The van der Waals surface area contributed by atoms with Crippen molar-refractivity contribution in [1.82, 2.24) is 14.3 Å². The zero-order valence-corrected chi connectivity index (χ0v) is 12.4. The second-order valence-electron chi connectivity index (χ2n) is 4.92. The van der Waals surface area contributed by atoms with Crippen molar-refractivity contribution >= 4 is 28.2 Å². The van der Waals surface area contributed by atoms with E-state index < -0.39 is 0 Å². The number of hydrogen-bond donors (Lipinski definition) is 1. The minimum Gasteiger partial charge on any atom is -0.399 e. The fraction of sp³-hybridized carbons (Fsp3) is 0.267. The summed E-state index contributed by atoms with van der Waals surface area (Å²) in [6.45, 7) is 5.53. The van der Waals surface area contributed by atoms with Crippen molar-refractivity contribution in [3.63, 3.8) is 0 Å². The van der Waals surface area contributed by atoms with Crippen LogP contribution in [-0.4, -0.2) is 14.3 Å². The van der Waals surface area contributed by atoms with Gasteiger partial charge in [0.05, 0.1) is 23.0 Å². The third-order valence-electron chi connectivity index (χ3n) is 3.57. The summed E-state index contributed by atoms with van der Waals surface area (Å²) in [7, 11) is 0. The first-order chi connectivity index (χ1) is 9.60. The number of fused-ring (bicyclic) bond motifs is 1. The van der Waals surface area contributed by atoms with Crippen LogP contribution in [0.3, 0.4) is 0 Å². The van der Waals surface area contributed by atoms with Gasteiger partial charge >= 0.3 is 0 Å². The second kappa shape index (κ2) is 4.87. The van der Waals surface area contributed by atoms with Crippen molar-refractivity contribution in [1.29, 1.82) is 0 Å². The predicted molar refractivity (Wildman–Crippen MR) is 83.1 cm³/mol. The third kappa shape index (κ3) is 2.06. The molecule has 5 heteroatoms. The van der Waals surface area contributed by atoms with Crippen LogP contribution in [-0.2, 0) is 13.1 Å². The average molecular weight is 289 g/mol. The molecule has 3 aromatic rings. The fourth-order valence-corrected chi connectivity index (χ4v) is 2.73. The maximum absolute atomic E-state index is 6.37. The van der Waals surface area contributed by atoms with Crippen LogP contribution in [0.25, 0.3) is 10.9 Å². The quantitative estimate of drug-likeness (QED) is 0.751. The second-order valence-corrected chi connectivity index (χ2v) is 5.30. The van der Waals surface area contributed by atoms with Crippen molar-refractivity contribution in [3.8, 4) is 0 Å². The van der Waals surface area contributed by atoms with Crippen molar-refractivity contribution < 1.29 is 0 Å². The number of aryl methyl sites for hydroxylation is 2. The van der Waals surface area contributed by atoms with Gasteiger partial charge < -0.3 is 10.3 Å². The molecule has 0 amide bonds. The van der Waals surface area contributed by atoms with E-state index in [9.17, 15) is 0 Å². The molecule has 20 heavy (non-hydrogen) atoms. The number of nitrogen functional groups attached to an aromatic ring is 1. The summed E-state index contributed by atoms with van der Waals surface area (Å²) in [5.41, 5.74) is 9.67. The van der Waals surface area contributed by atoms with E-state index in [0.717, 1.165) is 39.5 Å². The Balaban J connectivity index is 2.05. The van der Waals surface area contributed by atoms with Gasteiger partial charge in [-0.3, -0.25) is 4.68 Å². The molecule has 2 N–H and O–H groups in total. The number of anilines is 1. The molecule has 0 aliphatic carbocycles. The van der Waals surface area contributed by atoms with Crippen molar-refractivity contribution in [3.05, 3.63) is 46.9 Å². The standard InChI is InChI=1S/C15H17ClN4/c1-3-20-14(15(16)10(2)18-20)9-19-7-6-11-8-12(17)4-5-13(11)19/h4-8H,3,9,17H2,1-2H3. The first-order valence-corrected chi connectivity index (χ1v) is 7.04. The predicted octanol–water partition coefficient (Wildman–Crippen LogP) is 3.45. The zero-order chi connectivity index (χ0) is 14.3. The van der Waals surface area contributed by atoms with Crippen molar-refractivity contribution in [2.45, 2.75) is 26.9 Å².